The highest BCUT2D eigenvalue weighted by Crippen LogP contribution is 2.41. The first-order valence-electron chi connectivity index (χ1n) is 8.83. The molecular formula is C20H16N4O2S. The summed E-state index contributed by atoms with van der Waals surface area (Å²) in [6.45, 7) is 0. The number of aromatic nitrogens is 3. The molecule has 7 heteroatoms. The molecule has 134 valence electrons. The Morgan fingerprint density at radius 1 is 0.889 bits per heavy atom. The molecule has 0 saturated heterocycles. The Labute approximate surface area is 160 Å². The zero-order chi connectivity index (χ0) is 18.4. The van der Waals surface area contributed by atoms with Gasteiger partial charge in [0.2, 0.25) is 0 Å². The van der Waals surface area contributed by atoms with Crippen LogP contribution < -0.4 is 0 Å². The van der Waals surface area contributed by atoms with Gasteiger partial charge in [0.25, 0.3) is 11.8 Å². The molecule has 1 fully saturated rings. The lowest BCUT2D eigenvalue weighted by molar-refractivity contribution is 0.0684. The van der Waals surface area contributed by atoms with Gasteiger partial charge in [0.15, 0.2) is 5.16 Å². The van der Waals surface area contributed by atoms with Gasteiger partial charge >= 0.3 is 0 Å². The Bertz CT molecular complexity index is 1010. The van der Waals surface area contributed by atoms with Crippen molar-refractivity contribution >= 4 is 23.6 Å². The summed E-state index contributed by atoms with van der Waals surface area (Å²) in [6, 6.07) is 16.9. The molecule has 3 aromatic rings. The molecule has 1 saturated carbocycles. The van der Waals surface area contributed by atoms with Crippen LogP contribution in [0, 0.1) is 0 Å². The number of imide groups is 1. The van der Waals surface area contributed by atoms with Crippen LogP contribution in [0.1, 0.15) is 45.3 Å². The number of amides is 2. The standard InChI is InChI=1S/C20H16N4O2S/c25-18-15-8-4-5-9-16(15)19(26)23(18)12-27-20-22-21-17(13-10-11-13)24(20)14-6-2-1-3-7-14/h1-9,13H,10-12H2. The second kappa shape index (κ2) is 6.35. The Morgan fingerprint density at radius 3 is 2.15 bits per heavy atom. The Morgan fingerprint density at radius 2 is 1.52 bits per heavy atom. The van der Waals surface area contributed by atoms with E-state index in [4.69, 9.17) is 0 Å². The second-order valence-corrected chi connectivity index (χ2v) is 7.56. The third-order valence-electron chi connectivity index (χ3n) is 4.82. The average molecular weight is 376 g/mol. The summed E-state index contributed by atoms with van der Waals surface area (Å²) in [4.78, 5) is 26.4. The maximum Gasteiger partial charge on any atom is 0.262 e. The number of nitrogens with zero attached hydrogens (tertiary/aromatic N) is 4. The molecule has 0 atom stereocenters. The van der Waals surface area contributed by atoms with Gasteiger partial charge in [0.1, 0.15) is 5.82 Å². The van der Waals surface area contributed by atoms with Crippen molar-refractivity contribution < 1.29 is 9.59 Å². The fourth-order valence-corrected chi connectivity index (χ4v) is 4.18. The summed E-state index contributed by atoms with van der Waals surface area (Å²) in [5.74, 6) is 1.09. The summed E-state index contributed by atoms with van der Waals surface area (Å²) in [7, 11) is 0. The van der Waals surface area contributed by atoms with E-state index in [9.17, 15) is 9.59 Å². The molecule has 1 aliphatic heterocycles. The molecule has 0 spiro atoms. The minimum atomic E-state index is -0.253. The predicted octanol–water partition coefficient (Wildman–Crippen LogP) is 3.49. The summed E-state index contributed by atoms with van der Waals surface area (Å²) in [5, 5.41) is 9.42. The van der Waals surface area contributed by atoms with E-state index in [1.807, 2.05) is 34.9 Å². The number of thioether (sulfide) groups is 1. The maximum absolute atomic E-state index is 12.6. The fraction of sp³-hybridized carbons (Fsp3) is 0.200. The molecule has 0 unspecified atom stereocenters. The second-order valence-electron chi connectivity index (χ2n) is 6.64. The summed E-state index contributed by atoms with van der Waals surface area (Å²) >= 11 is 1.36. The summed E-state index contributed by atoms with van der Waals surface area (Å²) < 4.78 is 2.04. The van der Waals surface area contributed by atoms with Gasteiger partial charge in [0, 0.05) is 11.6 Å². The summed E-state index contributed by atoms with van der Waals surface area (Å²) in [5.41, 5.74) is 1.92. The van der Waals surface area contributed by atoms with Crippen molar-refractivity contribution in [3.63, 3.8) is 0 Å². The Hall–Kier alpha value is -2.93. The van der Waals surface area contributed by atoms with Gasteiger partial charge in [0.05, 0.1) is 17.0 Å². The molecule has 6 nitrogen and oxygen atoms in total. The highest BCUT2D eigenvalue weighted by Gasteiger charge is 2.36. The lowest BCUT2D eigenvalue weighted by Crippen LogP contribution is -2.29. The number of para-hydroxylation sites is 1. The minimum absolute atomic E-state index is 0.210. The molecule has 1 aliphatic carbocycles. The van der Waals surface area contributed by atoms with Gasteiger partial charge in [-0.15, -0.1) is 10.2 Å². The van der Waals surface area contributed by atoms with Crippen LogP contribution in [0.15, 0.2) is 59.8 Å². The number of benzene rings is 2. The van der Waals surface area contributed by atoms with Crippen LogP contribution in [0.3, 0.4) is 0 Å². The highest BCUT2D eigenvalue weighted by molar-refractivity contribution is 7.99. The number of hydrogen-bond donors (Lipinski definition) is 0. The number of fused-ring (bicyclic) bond motifs is 1. The largest absolute Gasteiger partial charge is 0.274 e. The van der Waals surface area contributed by atoms with E-state index >= 15 is 0 Å². The first-order valence-corrected chi connectivity index (χ1v) is 9.81. The van der Waals surface area contributed by atoms with E-state index < -0.39 is 0 Å². The van der Waals surface area contributed by atoms with Crippen LogP contribution in [-0.4, -0.2) is 37.4 Å². The normalized spacial score (nSPS) is 16.1. The molecular weight excluding hydrogens is 360 g/mol. The van der Waals surface area contributed by atoms with E-state index in [0.717, 1.165) is 24.4 Å². The maximum atomic E-state index is 12.6. The van der Waals surface area contributed by atoms with Gasteiger partial charge in [-0.2, -0.15) is 0 Å². The lowest BCUT2D eigenvalue weighted by Gasteiger charge is -2.14. The molecule has 1 aromatic heterocycles. The minimum Gasteiger partial charge on any atom is -0.274 e. The number of carbonyl (C=O) groups is 2. The number of carbonyl (C=O) groups excluding carboxylic acids is 2. The summed E-state index contributed by atoms with van der Waals surface area (Å²) in [6.07, 6.45) is 2.24. The molecule has 0 bridgehead atoms. The fourth-order valence-electron chi connectivity index (χ4n) is 3.28. The number of hydrogen-bond acceptors (Lipinski definition) is 5. The third kappa shape index (κ3) is 2.75. The first-order chi connectivity index (χ1) is 13.2. The highest BCUT2D eigenvalue weighted by atomic mass is 32.2. The Balaban J connectivity index is 1.43. The van der Waals surface area contributed by atoms with E-state index in [1.54, 1.807) is 24.3 Å². The van der Waals surface area contributed by atoms with Crippen LogP contribution in [0.2, 0.25) is 0 Å². The zero-order valence-electron chi connectivity index (χ0n) is 14.4. The van der Waals surface area contributed by atoms with Gasteiger partial charge in [-0.3, -0.25) is 19.1 Å². The van der Waals surface area contributed by atoms with Crippen LogP contribution in [0.4, 0.5) is 0 Å². The van der Waals surface area contributed by atoms with Crippen molar-refractivity contribution in [2.75, 3.05) is 5.88 Å². The van der Waals surface area contributed by atoms with Crippen LogP contribution in [0.5, 0.6) is 0 Å². The topological polar surface area (TPSA) is 68.1 Å². The third-order valence-corrected chi connectivity index (χ3v) is 5.73. The van der Waals surface area contributed by atoms with Crippen molar-refractivity contribution in [1.29, 1.82) is 0 Å². The average Bonchev–Trinajstić information content (AvgIpc) is 3.42. The van der Waals surface area contributed by atoms with Gasteiger partial charge in [-0.1, -0.05) is 42.1 Å². The SMILES string of the molecule is O=C1c2ccccc2C(=O)N1CSc1nnc(C2CC2)n1-c1ccccc1. The molecule has 0 radical (unpaired) electrons. The molecule has 5 rings (SSSR count). The van der Waals surface area contributed by atoms with Gasteiger partial charge in [-0.05, 0) is 37.1 Å². The van der Waals surface area contributed by atoms with Crippen molar-refractivity contribution in [2.24, 2.45) is 0 Å². The molecule has 2 heterocycles. The molecule has 2 amide bonds. The number of rotatable bonds is 5. The van der Waals surface area contributed by atoms with Gasteiger partial charge in [-0.25, -0.2) is 0 Å². The van der Waals surface area contributed by atoms with E-state index in [0.29, 0.717) is 22.2 Å². The van der Waals surface area contributed by atoms with E-state index in [-0.39, 0.29) is 17.7 Å². The van der Waals surface area contributed by atoms with Crippen LogP contribution in [-0.2, 0) is 0 Å². The quantitative estimate of drug-likeness (QED) is 0.504. The van der Waals surface area contributed by atoms with E-state index in [1.165, 1.54) is 16.7 Å². The molecule has 27 heavy (non-hydrogen) atoms. The first kappa shape index (κ1) is 16.3. The van der Waals surface area contributed by atoms with Crippen LogP contribution >= 0.6 is 11.8 Å². The zero-order valence-corrected chi connectivity index (χ0v) is 15.2. The van der Waals surface area contributed by atoms with E-state index in [2.05, 4.69) is 10.2 Å². The Kier molecular flexibility index (Phi) is 3.82. The molecule has 2 aromatic carbocycles. The van der Waals surface area contributed by atoms with Crippen molar-refractivity contribution in [3.05, 3.63) is 71.5 Å². The molecule has 0 N–H and O–H groups in total. The van der Waals surface area contributed by atoms with Crippen molar-refractivity contribution in [2.45, 2.75) is 23.9 Å². The van der Waals surface area contributed by atoms with Crippen LogP contribution in [0.25, 0.3) is 5.69 Å². The smallest absolute Gasteiger partial charge is 0.262 e. The van der Waals surface area contributed by atoms with Crippen molar-refractivity contribution in [3.8, 4) is 5.69 Å². The predicted molar refractivity (Wildman–Crippen MR) is 101 cm³/mol. The molecule has 2 aliphatic rings. The monoisotopic (exact) mass is 376 g/mol. The lowest BCUT2D eigenvalue weighted by atomic mass is 10.1. The van der Waals surface area contributed by atoms with Gasteiger partial charge < -0.3 is 0 Å². The van der Waals surface area contributed by atoms with Crippen molar-refractivity contribution in [1.82, 2.24) is 19.7 Å².